The standard InChI is InChI=1S/C18H25N3O3/c1-20(2)13-19-17(22)15-8-10-16(11-9-15)21(18(23)24)12-14-6-4-3-5-7-14/h3-7,13,15-16H,8-12H2,1-2H3,(H,23,24). The zero-order valence-electron chi connectivity index (χ0n) is 14.3. The number of benzene rings is 1. The number of hydrogen-bond acceptors (Lipinski definition) is 2. The third-order valence-electron chi connectivity index (χ3n) is 4.34. The maximum atomic E-state index is 12.0. The Morgan fingerprint density at radius 1 is 1.17 bits per heavy atom. The number of aliphatic imine (C=N–C) groups is 1. The number of carboxylic acid groups (broad SMARTS) is 1. The quantitative estimate of drug-likeness (QED) is 0.665. The molecule has 130 valence electrons. The number of hydrogen-bond donors (Lipinski definition) is 1. The van der Waals surface area contributed by atoms with E-state index in [4.69, 9.17) is 0 Å². The van der Waals surface area contributed by atoms with Crippen molar-refractivity contribution >= 4 is 18.3 Å². The van der Waals surface area contributed by atoms with Crippen molar-refractivity contribution in [1.29, 1.82) is 0 Å². The summed E-state index contributed by atoms with van der Waals surface area (Å²) < 4.78 is 0. The molecule has 1 N–H and O–H groups in total. The van der Waals surface area contributed by atoms with Gasteiger partial charge in [0, 0.05) is 32.6 Å². The van der Waals surface area contributed by atoms with Crippen molar-refractivity contribution in [3.05, 3.63) is 35.9 Å². The molecule has 0 bridgehead atoms. The second-order valence-corrected chi connectivity index (χ2v) is 6.45. The first-order valence-electron chi connectivity index (χ1n) is 8.25. The van der Waals surface area contributed by atoms with Crippen LogP contribution in [0.4, 0.5) is 4.79 Å². The molecule has 0 aromatic heterocycles. The van der Waals surface area contributed by atoms with Crippen LogP contribution in [0.3, 0.4) is 0 Å². The van der Waals surface area contributed by atoms with Crippen LogP contribution in [0.25, 0.3) is 0 Å². The highest BCUT2D eigenvalue weighted by Crippen LogP contribution is 2.29. The van der Waals surface area contributed by atoms with Crippen molar-refractivity contribution in [1.82, 2.24) is 9.80 Å². The van der Waals surface area contributed by atoms with Crippen LogP contribution < -0.4 is 0 Å². The van der Waals surface area contributed by atoms with Gasteiger partial charge >= 0.3 is 6.09 Å². The fraction of sp³-hybridized carbons (Fsp3) is 0.500. The van der Waals surface area contributed by atoms with Crippen LogP contribution in [-0.4, -0.2) is 53.4 Å². The van der Waals surface area contributed by atoms with Gasteiger partial charge in [-0.1, -0.05) is 30.3 Å². The molecule has 6 heteroatoms. The lowest BCUT2D eigenvalue weighted by Gasteiger charge is -2.34. The molecule has 0 unspecified atom stereocenters. The van der Waals surface area contributed by atoms with Gasteiger partial charge in [-0.25, -0.2) is 9.79 Å². The van der Waals surface area contributed by atoms with Crippen LogP contribution in [0.1, 0.15) is 31.2 Å². The minimum Gasteiger partial charge on any atom is -0.465 e. The molecule has 1 fully saturated rings. The monoisotopic (exact) mass is 331 g/mol. The zero-order valence-corrected chi connectivity index (χ0v) is 14.3. The summed E-state index contributed by atoms with van der Waals surface area (Å²) in [5.74, 6) is -0.197. The lowest BCUT2D eigenvalue weighted by molar-refractivity contribution is -0.122. The third kappa shape index (κ3) is 5.08. The molecule has 0 spiro atoms. The number of rotatable bonds is 5. The summed E-state index contributed by atoms with van der Waals surface area (Å²) in [5.41, 5.74) is 0.980. The van der Waals surface area contributed by atoms with E-state index < -0.39 is 6.09 Å². The van der Waals surface area contributed by atoms with Gasteiger partial charge in [0.25, 0.3) is 0 Å². The largest absolute Gasteiger partial charge is 0.465 e. The Balaban J connectivity index is 1.93. The molecule has 2 amide bonds. The maximum absolute atomic E-state index is 12.0. The van der Waals surface area contributed by atoms with E-state index in [1.807, 2.05) is 44.4 Å². The first kappa shape index (κ1) is 18.0. The van der Waals surface area contributed by atoms with Crippen LogP contribution in [0.2, 0.25) is 0 Å². The molecule has 1 aromatic carbocycles. The molecular formula is C18H25N3O3. The van der Waals surface area contributed by atoms with Crippen LogP contribution >= 0.6 is 0 Å². The molecular weight excluding hydrogens is 306 g/mol. The van der Waals surface area contributed by atoms with E-state index in [1.54, 1.807) is 4.90 Å². The summed E-state index contributed by atoms with van der Waals surface area (Å²) >= 11 is 0. The lowest BCUT2D eigenvalue weighted by Crippen LogP contribution is -2.41. The van der Waals surface area contributed by atoms with Gasteiger partial charge in [-0.2, -0.15) is 0 Å². The summed E-state index contributed by atoms with van der Waals surface area (Å²) in [4.78, 5) is 30.9. The molecule has 1 aliphatic rings. The Kier molecular flexibility index (Phi) is 6.35. The Labute approximate surface area is 142 Å². The van der Waals surface area contributed by atoms with Gasteiger partial charge < -0.3 is 14.9 Å². The predicted octanol–water partition coefficient (Wildman–Crippen LogP) is 2.84. The predicted molar refractivity (Wildman–Crippen MR) is 92.9 cm³/mol. The van der Waals surface area contributed by atoms with Gasteiger partial charge in [-0.15, -0.1) is 0 Å². The first-order valence-corrected chi connectivity index (χ1v) is 8.25. The molecule has 0 atom stereocenters. The Bertz CT molecular complexity index is 578. The lowest BCUT2D eigenvalue weighted by atomic mass is 9.85. The van der Waals surface area contributed by atoms with Crippen molar-refractivity contribution in [3.8, 4) is 0 Å². The summed E-state index contributed by atoms with van der Waals surface area (Å²) in [5, 5.41) is 9.54. The highest BCUT2D eigenvalue weighted by Gasteiger charge is 2.31. The van der Waals surface area contributed by atoms with Crippen LogP contribution in [0, 0.1) is 5.92 Å². The van der Waals surface area contributed by atoms with E-state index in [0.717, 1.165) is 5.56 Å². The van der Waals surface area contributed by atoms with E-state index in [9.17, 15) is 14.7 Å². The highest BCUT2D eigenvalue weighted by atomic mass is 16.4. The smallest absolute Gasteiger partial charge is 0.407 e. The van der Waals surface area contributed by atoms with E-state index in [1.165, 1.54) is 11.2 Å². The Morgan fingerprint density at radius 3 is 2.33 bits per heavy atom. The average Bonchev–Trinajstić information content (AvgIpc) is 2.58. The fourth-order valence-electron chi connectivity index (χ4n) is 3.05. The molecule has 0 saturated heterocycles. The minimum atomic E-state index is -0.903. The normalized spacial score (nSPS) is 20.8. The summed E-state index contributed by atoms with van der Waals surface area (Å²) in [6, 6.07) is 9.56. The van der Waals surface area contributed by atoms with E-state index in [0.29, 0.717) is 32.2 Å². The van der Waals surface area contributed by atoms with Crippen molar-refractivity contribution in [2.75, 3.05) is 14.1 Å². The first-order chi connectivity index (χ1) is 11.5. The van der Waals surface area contributed by atoms with Crippen molar-refractivity contribution in [2.45, 2.75) is 38.3 Å². The molecule has 24 heavy (non-hydrogen) atoms. The molecule has 1 saturated carbocycles. The molecule has 2 rings (SSSR count). The van der Waals surface area contributed by atoms with Crippen molar-refractivity contribution in [2.24, 2.45) is 10.9 Å². The number of carbonyl (C=O) groups is 2. The zero-order chi connectivity index (χ0) is 17.5. The van der Waals surface area contributed by atoms with Crippen molar-refractivity contribution < 1.29 is 14.7 Å². The van der Waals surface area contributed by atoms with Gasteiger partial charge in [0.1, 0.15) is 0 Å². The SMILES string of the molecule is CN(C)C=NC(=O)C1CCC(N(Cc2ccccc2)C(=O)O)CC1. The highest BCUT2D eigenvalue weighted by molar-refractivity contribution is 5.86. The second kappa shape index (κ2) is 8.47. The molecule has 0 aliphatic heterocycles. The molecule has 0 heterocycles. The third-order valence-corrected chi connectivity index (χ3v) is 4.34. The van der Waals surface area contributed by atoms with Gasteiger partial charge in [0.15, 0.2) is 0 Å². The van der Waals surface area contributed by atoms with Gasteiger partial charge in [-0.3, -0.25) is 4.79 Å². The Morgan fingerprint density at radius 2 is 1.79 bits per heavy atom. The van der Waals surface area contributed by atoms with E-state index >= 15 is 0 Å². The Hall–Kier alpha value is -2.37. The van der Waals surface area contributed by atoms with Gasteiger partial charge in [-0.05, 0) is 31.2 Å². The van der Waals surface area contributed by atoms with E-state index in [2.05, 4.69) is 4.99 Å². The number of carbonyl (C=O) groups excluding carboxylic acids is 1. The van der Waals surface area contributed by atoms with Crippen molar-refractivity contribution in [3.63, 3.8) is 0 Å². The maximum Gasteiger partial charge on any atom is 0.407 e. The van der Waals surface area contributed by atoms with E-state index in [-0.39, 0.29) is 17.9 Å². The molecule has 6 nitrogen and oxygen atoms in total. The van der Waals surface area contributed by atoms with Crippen LogP contribution in [-0.2, 0) is 11.3 Å². The van der Waals surface area contributed by atoms with Gasteiger partial charge in [0.05, 0.1) is 6.34 Å². The number of amides is 2. The molecule has 0 radical (unpaired) electrons. The minimum absolute atomic E-state index is 0.0374. The summed E-state index contributed by atoms with van der Waals surface area (Å²) in [6.45, 7) is 0.387. The molecule has 1 aliphatic carbocycles. The number of nitrogens with zero attached hydrogens (tertiary/aromatic N) is 3. The average molecular weight is 331 g/mol. The summed E-state index contributed by atoms with van der Waals surface area (Å²) in [7, 11) is 3.64. The second-order valence-electron chi connectivity index (χ2n) is 6.45. The fourth-order valence-corrected chi connectivity index (χ4v) is 3.05. The van der Waals surface area contributed by atoms with Gasteiger partial charge in [0.2, 0.25) is 5.91 Å². The topological polar surface area (TPSA) is 73.2 Å². The van der Waals surface area contributed by atoms with Crippen LogP contribution in [0.5, 0.6) is 0 Å². The summed E-state index contributed by atoms with van der Waals surface area (Å²) in [6.07, 6.45) is 3.40. The van der Waals surface area contributed by atoms with Crippen LogP contribution in [0.15, 0.2) is 35.3 Å². The molecule has 1 aromatic rings.